The molecule has 1 heterocycles. The summed E-state index contributed by atoms with van der Waals surface area (Å²) in [5.74, 6) is -1.64. The Kier molecular flexibility index (Phi) is 3.78. The summed E-state index contributed by atoms with van der Waals surface area (Å²) in [6, 6.07) is 11.0. The molecule has 96 valence electrons. The lowest BCUT2D eigenvalue weighted by Gasteiger charge is -2.10. The van der Waals surface area contributed by atoms with Crippen molar-refractivity contribution in [1.82, 2.24) is 4.57 Å². The van der Waals surface area contributed by atoms with Gasteiger partial charge < -0.3 is 15.0 Å². The number of carbonyl (C=O) groups is 2. The Morgan fingerprint density at radius 3 is 2.42 bits per heavy atom. The number of hydrogen-bond donors (Lipinski definition) is 2. The van der Waals surface area contributed by atoms with Gasteiger partial charge >= 0.3 is 5.97 Å². The van der Waals surface area contributed by atoms with Crippen molar-refractivity contribution < 1.29 is 14.7 Å². The van der Waals surface area contributed by atoms with E-state index in [-0.39, 0.29) is 0 Å². The van der Waals surface area contributed by atoms with E-state index in [0.29, 0.717) is 5.69 Å². The summed E-state index contributed by atoms with van der Waals surface area (Å²) in [4.78, 5) is 21.9. The number of aliphatic carboxylic acids is 1. The monoisotopic (exact) mass is 256 g/mol. The fourth-order valence-electron chi connectivity index (χ4n) is 1.62. The Morgan fingerprint density at radius 1 is 1.05 bits per heavy atom. The van der Waals surface area contributed by atoms with Crippen LogP contribution in [0.15, 0.2) is 60.9 Å². The van der Waals surface area contributed by atoms with Crippen LogP contribution in [0.4, 0.5) is 5.69 Å². The molecule has 0 atom stereocenters. The molecule has 5 nitrogen and oxygen atoms in total. The first-order valence-electron chi connectivity index (χ1n) is 5.61. The lowest BCUT2D eigenvalue weighted by atomic mass is 10.2. The van der Waals surface area contributed by atoms with Crippen LogP contribution in [0, 0.1) is 0 Å². The van der Waals surface area contributed by atoms with Gasteiger partial charge in [0.1, 0.15) is 0 Å². The summed E-state index contributed by atoms with van der Waals surface area (Å²) >= 11 is 0. The van der Waals surface area contributed by atoms with Gasteiger partial charge in [-0.15, -0.1) is 0 Å². The van der Waals surface area contributed by atoms with Gasteiger partial charge in [-0.3, -0.25) is 4.79 Å². The van der Waals surface area contributed by atoms with Crippen LogP contribution in [-0.2, 0) is 9.59 Å². The molecule has 19 heavy (non-hydrogen) atoms. The Morgan fingerprint density at radius 2 is 1.74 bits per heavy atom. The second kappa shape index (κ2) is 5.68. The van der Waals surface area contributed by atoms with Crippen LogP contribution in [-0.4, -0.2) is 21.6 Å². The van der Waals surface area contributed by atoms with Crippen molar-refractivity contribution in [2.24, 2.45) is 0 Å². The molecule has 0 aliphatic heterocycles. The van der Waals surface area contributed by atoms with Crippen LogP contribution >= 0.6 is 0 Å². The number of aromatic nitrogens is 1. The van der Waals surface area contributed by atoms with Crippen molar-refractivity contribution in [2.75, 3.05) is 5.32 Å². The van der Waals surface area contributed by atoms with E-state index in [9.17, 15) is 9.59 Å². The van der Waals surface area contributed by atoms with E-state index in [1.165, 1.54) is 0 Å². The minimum atomic E-state index is -1.16. The number of anilines is 1. The van der Waals surface area contributed by atoms with E-state index in [0.717, 1.165) is 17.8 Å². The highest BCUT2D eigenvalue weighted by atomic mass is 16.4. The van der Waals surface area contributed by atoms with Crippen LogP contribution < -0.4 is 5.32 Å². The molecule has 2 aromatic rings. The number of carbonyl (C=O) groups excluding carboxylic acids is 1. The maximum atomic E-state index is 11.6. The maximum absolute atomic E-state index is 11.6. The average Bonchev–Trinajstić information content (AvgIpc) is 2.91. The highest BCUT2D eigenvalue weighted by Gasteiger charge is 2.05. The third kappa shape index (κ3) is 3.32. The Bertz CT molecular complexity index is 615. The summed E-state index contributed by atoms with van der Waals surface area (Å²) < 4.78 is 1.86. The fraction of sp³-hybridized carbons (Fsp3) is 0. The quantitative estimate of drug-likeness (QED) is 0.822. The largest absolute Gasteiger partial charge is 0.478 e. The van der Waals surface area contributed by atoms with Crippen LogP contribution in [0.3, 0.4) is 0 Å². The topological polar surface area (TPSA) is 71.3 Å². The molecule has 0 saturated heterocycles. The van der Waals surface area contributed by atoms with Crippen LogP contribution in [0.1, 0.15) is 0 Å². The maximum Gasteiger partial charge on any atom is 0.328 e. The first kappa shape index (κ1) is 12.6. The summed E-state index contributed by atoms with van der Waals surface area (Å²) in [6.45, 7) is 0. The van der Waals surface area contributed by atoms with E-state index in [1.807, 2.05) is 41.2 Å². The number of para-hydroxylation sites is 2. The summed E-state index contributed by atoms with van der Waals surface area (Å²) in [5.41, 5.74) is 1.42. The van der Waals surface area contributed by atoms with E-state index in [1.54, 1.807) is 12.1 Å². The zero-order valence-electron chi connectivity index (χ0n) is 9.98. The number of carboxylic acids is 1. The molecule has 0 unspecified atom stereocenters. The first-order valence-corrected chi connectivity index (χ1v) is 5.61. The molecule has 0 bridgehead atoms. The Hall–Kier alpha value is -2.82. The molecular formula is C14H12N2O3. The molecule has 0 aliphatic rings. The van der Waals surface area contributed by atoms with Gasteiger partial charge in [0, 0.05) is 24.5 Å². The van der Waals surface area contributed by atoms with Crippen LogP contribution in [0.5, 0.6) is 0 Å². The molecule has 0 fully saturated rings. The molecule has 1 aromatic heterocycles. The molecule has 0 spiro atoms. The standard InChI is InChI=1S/C14H12N2O3/c17-13(7-8-14(18)19)15-11-5-1-2-6-12(11)16-9-3-4-10-16/h1-10H,(H,15,17)(H,18,19)/b8-7-. The van der Waals surface area contributed by atoms with Gasteiger partial charge in [-0.05, 0) is 24.3 Å². The van der Waals surface area contributed by atoms with E-state index < -0.39 is 11.9 Å². The van der Waals surface area contributed by atoms with Gasteiger partial charge in [-0.25, -0.2) is 4.79 Å². The van der Waals surface area contributed by atoms with Gasteiger partial charge in [0.2, 0.25) is 5.91 Å². The Labute approximate surface area is 109 Å². The number of hydrogen-bond acceptors (Lipinski definition) is 2. The summed E-state index contributed by atoms with van der Waals surface area (Å²) in [7, 11) is 0. The number of amides is 1. The van der Waals surface area contributed by atoms with Gasteiger partial charge in [-0.1, -0.05) is 12.1 Å². The molecule has 0 radical (unpaired) electrons. The highest BCUT2D eigenvalue weighted by molar-refractivity contribution is 6.03. The minimum absolute atomic E-state index is 0.484. The molecule has 1 amide bonds. The number of nitrogens with zero attached hydrogens (tertiary/aromatic N) is 1. The van der Waals surface area contributed by atoms with Gasteiger partial charge in [-0.2, -0.15) is 0 Å². The number of nitrogens with one attached hydrogen (secondary N) is 1. The molecule has 0 saturated carbocycles. The second-order valence-corrected chi connectivity index (χ2v) is 3.77. The lowest BCUT2D eigenvalue weighted by Crippen LogP contribution is -2.10. The zero-order chi connectivity index (χ0) is 13.7. The van der Waals surface area contributed by atoms with Crippen LogP contribution in [0.2, 0.25) is 0 Å². The molecule has 0 aliphatic carbocycles. The van der Waals surface area contributed by atoms with Gasteiger partial charge in [0.15, 0.2) is 0 Å². The smallest absolute Gasteiger partial charge is 0.328 e. The van der Waals surface area contributed by atoms with E-state index in [2.05, 4.69) is 5.32 Å². The Balaban J connectivity index is 2.22. The highest BCUT2D eigenvalue weighted by Crippen LogP contribution is 2.19. The summed E-state index contributed by atoms with van der Waals surface area (Å²) in [6.07, 6.45) is 5.50. The van der Waals surface area contributed by atoms with Crippen molar-refractivity contribution >= 4 is 17.6 Å². The molecule has 1 aromatic carbocycles. The summed E-state index contributed by atoms with van der Waals surface area (Å²) in [5, 5.41) is 11.1. The van der Waals surface area contributed by atoms with Crippen molar-refractivity contribution in [1.29, 1.82) is 0 Å². The van der Waals surface area contributed by atoms with E-state index >= 15 is 0 Å². The first-order chi connectivity index (χ1) is 9.16. The predicted molar refractivity (Wildman–Crippen MR) is 71.2 cm³/mol. The zero-order valence-corrected chi connectivity index (χ0v) is 9.98. The second-order valence-electron chi connectivity index (χ2n) is 3.77. The van der Waals surface area contributed by atoms with Crippen LogP contribution in [0.25, 0.3) is 5.69 Å². The number of benzene rings is 1. The fourth-order valence-corrected chi connectivity index (χ4v) is 1.62. The molecule has 5 heteroatoms. The molecule has 2 rings (SSSR count). The van der Waals surface area contributed by atoms with E-state index in [4.69, 9.17) is 5.11 Å². The van der Waals surface area contributed by atoms with Gasteiger partial charge in [0.05, 0.1) is 11.4 Å². The number of rotatable bonds is 4. The van der Waals surface area contributed by atoms with Crippen molar-refractivity contribution in [3.8, 4) is 5.69 Å². The SMILES string of the molecule is O=C(O)/C=C\C(=O)Nc1ccccc1-n1cccc1. The minimum Gasteiger partial charge on any atom is -0.478 e. The normalized spacial score (nSPS) is 10.5. The lowest BCUT2D eigenvalue weighted by molar-refractivity contribution is -0.131. The van der Waals surface area contributed by atoms with Gasteiger partial charge in [0.25, 0.3) is 0 Å². The molecule has 2 N–H and O–H groups in total. The van der Waals surface area contributed by atoms with Crippen molar-refractivity contribution in [2.45, 2.75) is 0 Å². The third-order valence-electron chi connectivity index (χ3n) is 2.42. The third-order valence-corrected chi connectivity index (χ3v) is 2.42. The predicted octanol–water partition coefficient (Wildman–Crippen LogP) is 2.06. The number of carboxylic acid groups (broad SMARTS) is 1. The molecular weight excluding hydrogens is 244 g/mol. The van der Waals surface area contributed by atoms with Crippen molar-refractivity contribution in [3.05, 3.63) is 60.9 Å². The van der Waals surface area contributed by atoms with Crippen molar-refractivity contribution in [3.63, 3.8) is 0 Å². The average molecular weight is 256 g/mol.